The van der Waals surface area contributed by atoms with Crippen molar-refractivity contribution in [3.63, 3.8) is 0 Å². The Morgan fingerprint density at radius 3 is 2.72 bits per heavy atom. The van der Waals surface area contributed by atoms with Crippen molar-refractivity contribution in [1.29, 1.82) is 0 Å². The van der Waals surface area contributed by atoms with E-state index < -0.39 is 4.92 Å². The maximum absolute atomic E-state index is 12.9. The molecule has 0 aromatic heterocycles. The molecule has 0 bridgehead atoms. The molecule has 1 saturated carbocycles. The smallest absolute Gasteiger partial charge is 0.293 e. The summed E-state index contributed by atoms with van der Waals surface area (Å²) >= 11 is 0. The lowest BCUT2D eigenvalue weighted by Crippen LogP contribution is -2.42. The van der Waals surface area contributed by atoms with Gasteiger partial charge in [0.05, 0.1) is 4.92 Å². The first kappa shape index (κ1) is 19.5. The number of amides is 1. The Morgan fingerprint density at radius 1 is 1.40 bits per heavy atom. The predicted molar refractivity (Wildman–Crippen MR) is 99.6 cm³/mol. The fourth-order valence-electron chi connectivity index (χ4n) is 3.15. The summed E-state index contributed by atoms with van der Waals surface area (Å²) in [7, 11) is 0. The van der Waals surface area contributed by atoms with E-state index in [9.17, 15) is 14.9 Å². The lowest BCUT2D eigenvalue weighted by Gasteiger charge is -2.28. The van der Waals surface area contributed by atoms with Crippen LogP contribution in [0.3, 0.4) is 0 Å². The van der Waals surface area contributed by atoms with Crippen LogP contribution in [0.1, 0.15) is 43.0 Å². The zero-order valence-corrected chi connectivity index (χ0v) is 15.2. The number of nitro groups is 1. The second-order valence-corrected chi connectivity index (χ2v) is 6.55. The van der Waals surface area contributed by atoms with E-state index in [4.69, 9.17) is 0 Å². The van der Waals surface area contributed by atoms with Crippen LogP contribution in [0, 0.1) is 10.1 Å². The number of benzene rings is 1. The molecule has 0 radical (unpaired) electrons. The van der Waals surface area contributed by atoms with Gasteiger partial charge in [-0.05, 0) is 44.4 Å². The monoisotopic (exact) mass is 368 g/mol. The molecular formula is C17H25ClN4O3. The van der Waals surface area contributed by atoms with E-state index in [0.29, 0.717) is 23.8 Å². The summed E-state index contributed by atoms with van der Waals surface area (Å²) in [5, 5.41) is 17.8. The molecule has 1 aromatic carbocycles. The van der Waals surface area contributed by atoms with Gasteiger partial charge >= 0.3 is 0 Å². The van der Waals surface area contributed by atoms with Crippen molar-refractivity contribution in [3.8, 4) is 0 Å². The zero-order valence-electron chi connectivity index (χ0n) is 14.4. The molecule has 1 aromatic rings. The van der Waals surface area contributed by atoms with E-state index in [2.05, 4.69) is 10.6 Å². The van der Waals surface area contributed by atoms with Gasteiger partial charge in [0.25, 0.3) is 11.6 Å². The predicted octanol–water partition coefficient (Wildman–Crippen LogP) is 2.81. The van der Waals surface area contributed by atoms with E-state index in [0.717, 1.165) is 38.8 Å². The van der Waals surface area contributed by atoms with Gasteiger partial charge in [0.15, 0.2) is 0 Å². The number of hydrogen-bond acceptors (Lipinski definition) is 5. The molecule has 2 fully saturated rings. The number of nitro benzene ring substituents is 1. The standard InChI is InChI=1S/C17H24N4O3.ClH/c1-2-9-20(14-7-8-18-11-14)17(22)12-3-6-15(19-13-4-5-13)16(10-12)21(23)24;/h3,6,10,13-14,18-19H,2,4-5,7-9,11H2,1H3;1H. The second kappa shape index (κ2) is 8.49. The molecule has 1 aliphatic heterocycles. The van der Waals surface area contributed by atoms with Crippen molar-refractivity contribution >= 4 is 29.7 Å². The Morgan fingerprint density at radius 2 is 2.16 bits per heavy atom. The van der Waals surface area contributed by atoms with Crippen LogP contribution in [-0.2, 0) is 0 Å². The van der Waals surface area contributed by atoms with Gasteiger partial charge in [-0.25, -0.2) is 0 Å². The minimum Gasteiger partial charge on any atom is -0.377 e. The van der Waals surface area contributed by atoms with Gasteiger partial charge in [-0.2, -0.15) is 0 Å². The molecule has 25 heavy (non-hydrogen) atoms. The number of rotatable bonds is 7. The molecule has 7 nitrogen and oxygen atoms in total. The van der Waals surface area contributed by atoms with Gasteiger partial charge in [-0.15, -0.1) is 12.4 Å². The third kappa shape index (κ3) is 4.61. The van der Waals surface area contributed by atoms with Crippen LogP contribution in [0.4, 0.5) is 11.4 Å². The van der Waals surface area contributed by atoms with E-state index in [1.807, 2.05) is 11.8 Å². The topological polar surface area (TPSA) is 87.5 Å². The molecule has 2 aliphatic rings. The largest absolute Gasteiger partial charge is 0.377 e. The molecule has 8 heteroatoms. The molecule has 1 atom stereocenters. The van der Waals surface area contributed by atoms with Crippen LogP contribution >= 0.6 is 12.4 Å². The maximum atomic E-state index is 12.9. The highest BCUT2D eigenvalue weighted by atomic mass is 35.5. The lowest BCUT2D eigenvalue weighted by molar-refractivity contribution is -0.384. The molecule has 1 unspecified atom stereocenters. The van der Waals surface area contributed by atoms with Gasteiger partial charge in [0, 0.05) is 36.8 Å². The first-order chi connectivity index (χ1) is 11.6. The van der Waals surface area contributed by atoms with Crippen molar-refractivity contribution < 1.29 is 9.72 Å². The Hall–Kier alpha value is -1.86. The van der Waals surface area contributed by atoms with E-state index in [-0.39, 0.29) is 30.0 Å². The first-order valence-corrected chi connectivity index (χ1v) is 8.66. The average molecular weight is 369 g/mol. The minimum atomic E-state index is -0.414. The third-order valence-electron chi connectivity index (χ3n) is 4.58. The SMILES string of the molecule is CCCN(C(=O)c1ccc(NC2CC2)c([N+](=O)[O-])c1)C1CCNC1.Cl. The second-order valence-electron chi connectivity index (χ2n) is 6.55. The Bertz CT molecular complexity index is 630. The maximum Gasteiger partial charge on any atom is 0.293 e. The lowest BCUT2D eigenvalue weighted by atomic mass is 10.1. The van der Waals surface area contributed by atoms with E-state index in [1.165, 1.54) is 6.07 Å². The number of anilines is 1. The molecule has 1 saturated heterocycles. The minimum absolute atomic E-state index is 0. The summed E-state index contributed by atoms with van der Waals surface area (Å²) < 4.78 is 0. The summed E-state index contributed by atoms with van der Waals surface area (Å²) in [6.45, 7) is 4.40. The molecule has 2 N–H and O–H groups in total. The van der Waals surface area contributed by atoms with Crippen LogP contribution in [0.5, 0.6) is 0 Å². The molecule has 138 valence electrons. The highest BCUT2D eigenvalue weighted by molar-refractivity contribution is 5.96. The van der Waals surface area contributed by atoms with Crippen LogP contribution < -0.4 is 10.6 Å². The molecule has 1 heterocycles. The summed E-state index contributed by atoms with van der Waals surface area (Å²) in [5.74, 6) is -0.119. The van der Waals surface area contributed by atoms with Crippen molar-refractivity contribution in [2.24, 2.45) is 0 Å². The van der Waals surface area contributed by atoms with Crippen LogP contribution in [0.25, 0.3) is 0 Å². The number of nitrogens with one attached hydrogen (secondary N) is 2. The number of carbonyl (C=O) groups is 1. The number of carbonyl (C=O) groups excluding carboxylic acids is 1. The zero-order chi connectivity index (χ0) is 17.1. The summed E-state index contributed by atoms with van der Waals surface area (Å²) in [5.41, 5.74) is 0.876. The first-order valence-electron chi connectivity index (χ1n) is 8.66. The Balaban J connectivity index is 0.00000225. The van der Waals surface area contributed by atoms with Gasteiger partial charge in [-0.3, -0.25) is 14.9 Å². The highest BCUT2D eigenvalue weighted by Crippen LogP contribution is 2.32. The van der Waals surface area contributed by atoms with Crippen molar-refractivity contribution in [1.82, 2.24) is 10.2 Å². The summed E-state index contributed by atoms with van der Waals surface area (Å²) in [6.07, 6.45) is 3.87. The van der Waals surface area contributed by atoms with Crippen molar-refractivity contribution in [3.05, 3.63) is 33.9 Å². The number of halogens is 1. The fraction of sp³-hybridized carbons (Fsp3) is 0.588. The van der Waals surface area contributed by atoms with Crippen LogP contribution in [0.15, 0.2) is 18.2 Å². The third-order valence-corrected chi connectivity index (χ3v) is 4.58. The molecule has 0 spiro atoms. The molecule has 1 aliphatic carbocycles. The van der Waals surface area contributed by atoms with Crippen LogP contribution in [0.2, 0.25) is 0 Å². The highest BCUT2D eigenvalue weighted by Gasteiger charge is 2.29. The average Bonchev–Trinajstić information content (AvgIpc) is 3.22. The molecule has 1 amide bonds. The van der Waals surface area contributed by atoms with Gasteiger partial charge < -0.3 is 15.5 Å². The molecular weight excluding hydrogens is 344 g/mol. The number of nitrogens with zero attached hydrogens (tertiary/aromatic N) is 2. The van der Waals surface area contributed by atoms with Gasteiger partial charge in [0.2, 0.25) is 0 Å². The van der Waals surface area contributed by atoms with Crippen molar-refractivity contribution in [2.45, 2.75) is 44.7 Å². The quantitative estimate of drug-likeness (QED) is 0.570. The normalized spacial score (nSPS) is 19.2. The summed E-state index contributed by atoms with van der Waals surface area (Å²) in [6, 6.07) is 5.27. The van der Waals surface area contributed by atoms with Crippen LogP contribution in [-0.4, -0.2) is 47.4 Å². The Labute approximate surface area is 153 Å². The fourth-order valence-corrected chi connectivity index (χ4v) is 3.15. The Kier molecular flexibility index (Phi) is 6.61. The van der Waals surface area contributed by atoms with E-state index in [1.54, 1.807) is 12.1 Å². The van der Waals surface area contributed by atoms with Crippen molar-refractivity contribution in [2.75, 3.05) is 25.0 Å². The number of hydrogen-bond donors (Lipinski definition) is 2. The summed E-state index contributed by atoms with van der Waals surface area (Å²) in [4.78, 5) is 25.7. The van der Waals surface area contributed by atoms with Gasteiger partial charge in [0.1, 0.15) is 5.69 Å². The van der Waals surface area contributed by atoms with Gasteiger partial charge in [-0.1, -0.05) is 6.92 Å². The molecule has 3 rings (SSSR count). The van der Waals surface area contributed by atoms with E-state index >= 15 is 0 Å².